The molecular formula is C22H24FN5OS. The van der Waals surface area contributed by atoms with E-state index in [1.54, 1.807) is 12.1 Å². The van der Waals surface area contributed by atoms with Crippen molar-refractivity contribution in [3.8, 4) is 0 Å². The van der Waals surface area contributed by atoms with Gasteiger partial charge in [0.1, 0.15) is 11.1 Å². The number of hydrogen-bond acceptors (Lipinski definition) is 5. The lowest BCUT2D eigenvalue weighted by Gasteiger charge is -2.33. The SMILES string of the molecule is CCCc1nnc2n1N[C@@H](c1ccc(F)cc1)[C@@H](C(=O)Nc1ccccc1CC)S2. The van der Waals surface area contributed by atoms with Gasteiger partial charge in [-0.05, 0) is 42.2 Å². The van der Waals surface area contributed by atoms with Gasteiger partial charge in [-0.15, -0.1) is 10.2 Å². The molecule has 8 heteroatoms. The van der Waals surface area contributed by atoms with Crippen LogP contribution in [-0.4, -0.2) is 26.0 Å². The highest BCUT2D eigenvalue weighted by molar-refractivity contribution is 8.00. The normalized spacial score (nSPS) is 17.8. The molecule has 2 heterocycles. The Hall–Kier alpha value is -2.87. The lowest BCUT2D eigenvalue weighted by molar-refractivity contribution is -0.116. The maximum Gasteiger partial charge on any atom is 0.240 e. The molecular weight excluding hydrogens is 401 g/mol. The van der Waals surface area contributed by atoms with Crippen molar-refractivity contribution in [1.82, 2.24) is 14.9 Å². The topological polar surface area (TPSA) is 71.8 Å². The van der Waals surface area contributed by atoms with Crippen molar-refractivity contribution in [2.45, 2.75) is 49.6 Å². The Morgan fingerprint density at radius 2 is 1.93 bits per heavy atom. The number of amides is 1. The summed E-state index contributed by atoms with van der Waals surface area (Å²) in [5.41, 5.74) is 6.11. The van der Waals surface area contributed by atoms with Gasteiger partial charge in [0, 0.05) is 12.1 Å². The van der Waals surface area contributed by atoms with Crippen LogP contribution in [0.1, 0.15) is 43.3 Å². The fourth-order valence-electron chi connectivity index (χ4n) is 3.56. The number of thioether (sulfide) groups is 1. The predicted octanol–water partition coefficient (Wildman–Crippen LogP) is 4.33. The molecule has 1 amide bonds. The number of nitrogens with zero attached hydrogens (tertiary/aromatic N) is 3. The van der Waals surface area contributed by atoms with E-state index in [0.717, 1.165) is 41.9 Å². The van der Waals surface area contributed by atoms with Crippen LogP contribution in [-0.2, 0) is 17.6 Å². The Labute approximate surface area is 179 Å². The zero-order chi connectivity index (χ0) is 21.1. The quantitative estimate of drug-likeness (QED) is 0.615. The van der Waals surface area contributed by atoms with E-state index in [1.165, 1.54) is 23.9 Å². The maximum absolute atomic E-state index is 13.5. The van der Waals surface area contributed by atoms with E-state index >= 15 is 0 Å². The number of hydrogen-bond donors (Lipinski definition) is 2. The second-order valence-electron chi connectivity index (χ2n) is 7.18. The highest BCUT2D eigenvalue weighted by Crippen LogP contribution is 2.38. The molecule has 2 atom stereocenters. The van der Waals surface area contributed by atoms with Crippen LogP contribution in [0.25, 0.3) is 0 Å². The lowest BCUT2D eigenvalue weighted by atomic mass is 10.0. The molecule has 1 aliphatic rings. The average molecular weight is 426 g/mol. The summed E-state index contributed by atoms with van der Waals surface area (Å²) < 4.78 is 15.4. The predicted molar refractivity (Wildman–Crippen MR) is 117 cm³/mol. The van der Waals surface area contributed by atoms with E-state index in [9.17, 15) is 9.18 Å². The number of para-hydroxylation sites is 1. The van der Waals surface area contributed by atoms with Gasteiger partial charge in [0.25, 0.3) is 0 Å². The van der Waals surface area contributed by atoms with E-state index < -0.39 is 5.25 Å². The van der Waals surface area contributed by atoms with Gasteiger partial charge >= 0.3 is 0 Å². The molecule has 6 nitrogen and oxygen atoms in total. The van der Waals surface area contributed by atoms with Gasteiger partial charge < -0.3 is 10.7 Å². The first-order valence-corrected chi connectivity index (χ1v) is 11.0. The second kappa shape index (κ2) is 8.87. The van der Waals surface area contributed by atoms with Crippen LogP contribution in [0.2, 0.25) is 0 Å². The molecule has 1 aliphatic heterocycles. The van der Waals surface area contributed by atoms with Gasteiger partial charge in [0.15, 0.2) is 5.82 Å². The summed E-state index contributed by atoms with van der Waals surface area (Å²) >= 11 is 1.37. The third kappa shape index (κ3) is 4.05. The number of nitrogens with one attached hydrogen (secondary N) is 2. The summed E-state index contributed by atoms with van der Waals surface area (Å²) in [5, 5.41) is 11.8. The zero-order valence-electron chi connectivity index (χ0n) is 16.9. The van der Waals surface area contributed by atoms with E-state index in [-0.39, 0.29) is 17.8 Å². The molecule has 0 saturated carbocycles. The maximum atomic E-state index is 13.5. The van der Waals surface area contributed by atoms with Gasteiger partial charge in [-0.1, -0.05) is 55.9 Å². The monoisotopic (exact) mass is 425 g/mol. The van der Waals surface area contributed by atoms with E-state index in [0.29, 0.717) is 5.16 Å². The summed E-state index contributed by atoms with van der Waals surface area (Å²) in [5.74, 6) is 0.382. The van der Waals surface area contributed by atoms with Crippen molar-refractivity contribution in [1.29, 1.82) is 0 Å². The van der Waals surface area contributed by atoms with Crippen LogP contribution in [0.4, 0.5) is 10.1 Å². The number of aromatic nitrogens is 3. The van der Waals surface area contributed by atoms with Crippen molar-refractivity contribution in [2.75, 3.05) is 10.7 Å². The van der Waals surface area contributed by atoms with Crippen molar-refractivity contribution >= 4 is 23.4 Å². The number of halogens is 1. The molecule has 4 rings (SSSR count). The molecule has 3 aromatic rings. The minimum absolute atomic E-state index is 0.131. The largest absolute Gasteiger partial charge is 0.325 e. The standard InChI is InChI=1S/C22H24FN5OS/c1-3-7-18-25-26-22-28(18)27-19(15-10-12-16(23)13-11-15)20(30-22)21(29)24-17-9-6-5-8-14(17)4-2/h5-6,8-13,19-20,27H,3-4,7H2,1-2H3,(H,24,29)/t19-,20-/m0/s1. The van der Waals surface area contributed by atoms with Crippen LogP contribution in [0, 0.1) is 5.82 Å². The van der Waals surface area contributed by atoms with Gasteiger partial charge in [-0.25, -0.2) is 9.07 Å². The summed E-state index contributed by atoms with van der Waals surface area (Å²) in [7, 11) is 0. The number of anilines is 1. The number of fused-ring (bicyclic) bond motifs is 1. The first-order valence-electron chi connectivity index (χ1n) is 10.1. The second-order valence-corrected chi connectivity index (χ2v) is 8.29. The fraction of sp³-hybridized carbons (Fsp3) is 0.318. The highest BCUT2D eigenvalue weighted by Gasteiger charge is 2.37. The smallest absolute Gasteiger partial charge is 0.240 e. The van der Waals surface area contributed by atoms with Crippen LogP contribution in [0.3, 0.4) is 0 Å². The number of rotatable bonds is 6. The van der Waals surface area contributed by atoms with Gasteiger partial charge in [0.05, 0.1) is 6.04 Å². The highest BCUT2D eigenvalue weighted by atomic mass is 32.2. The van der Waals surface area contributed by atoms with Crippen LogP contribution >= 0.6 is 11.8 Å². The van der Waals surface area contributed by atoms with Crippen molar-refractivity contribution in [3.05, 3.63) is 71.3 Å². The van der Waals surface area contributed by atoms with Crippen LogP contribution in [0.15, 0.2) is 53.7 Å². The van der Waals surface area contributed by atoms with Gasteiger partial charge in [-0.3, -0.25) is 4.79 Å². The van der Waals surface area contributed by atoms with E-state index in [2.05, 4.69) is 34.8 Å². The van der Waals surface area contributed by atoms with Crippen molar-refractivity contribution < 1.29 is 9.18 Å². The molecule has 0 aliphatic carbocycles. The molecule has 0 radical (unpaired) electrons. The summed E-state index contributed by atoms with van der Waals surface area (Å²) in [4.78, 5) is 13.3. The molecule has 156 valence electrons. The van der Waals surface area contributed by atoms with Crippen molar-refractivity contribution in [2.24, 2.45) is 0 Å². The number of carbonyl (C=O) groups is 1. The Morgan fingerprint density at radius 3 is 2.67 bits per heavy atom. The fourth-order valence-corrected chi connectivity index (χ4v) is 4.66. The van der Waals surface area contributed by atoms with Crippen molar-refractivity contribution in [3.63, 3.8) is 0 Å². The molecule has 0 spiro atoms. The first-order chi connectivity index (χ1) is 14.6. The molecule has 2 N–H and O–H groups in total. The van der Waals surface area contributed by atoms with E-state index in [1.807, 2.05) is 28.9 Å². The Morgan fingerprint density at radius 1 is 1.17 bits per heavy atom. The third-order valence-electron chi connectivity index (χ3n) is 5.12. The molecule has 2 aromatic carbocycles. The minimum Gasteiger partial charge on any atom is -0.325 e. The summed E-state index contributed by atoms with van der Waals surface area (Å²) in [6.07, 6.45) is 2.53. The van der Waals surface area contributed by atoms with Gasteiger partial charge in [0.2, 0.25) is 11.1 Å². The minimum atomic E-state index is -0.494. The van der Waals surface area contributed by atoms with Gasteiger partial charge in [-0.2, -0.15) is 0 Å². The Kier molecular flexibility index (Phi) is 6.03. The zero-order valence-corrected chi connectivity index (χ0v) is 17.7. The lowest BCUT2D eigenvalue weighted by Crippen LogP contribution is -2.41. The van der Waals surface area contributed by atoms with Crippen LogP contribution < -0.4 is 10.7 Å². The average Bonchev–Trinajstić information content (AvgIpc) is 3.16. The first kappa shape index (κ1) is 20.4. The molecule has 0 bridgehead atoms. The summed E-state index contributed by atoms with van der Waals surface area (Å²) in [6, 6.07) is 13.7. The van der Waals surface area contributed by atoms with Crippen LogP contribution in [0.5, 0.6) is 0 Å². The number of benzene rings is 2. The molecule has 0 saturated heterocycles. The summed E-state index contributed by atoms with van der Waals surface area (Å²) in [6.45, 7) is 4.14. The number of carbonyl (C=O) groups excluding carboxylic acids is 1. The Bertz CT molecular complexity index is 1040. The molecule has 30 heavy (non-hydrogen) atoms. The molecule has 0 unspecified atom stereocenters. The molecule has 0 fully saturated rings. The molecule has 1 aromatic heterocycles. The van der Waals surface area contributed by atoms with E-state index in [4.69, 9.17) is 0 Å². The Balaban J connectivity index is 1.67. The number of aryl methyl sites for hydroxylation is 2. The third-order valence-corrected chi connectivity index (χ3v) is 6.34.